The molecule has 0 saturated heterocycles. The number of hydrogen-bond acceptors (Lipinski definition) is 4. The number of rotatable bonds is 4. The van der Waals surface area contributed by atoms with E-state index in [1.165, 1.54) is 0 Å². The third-order valence-electron chi connectivity index (χ3n) is 3.10. The topological polar surface area (TPSA) is 59.1 Å². The van der Waals surface area contributed by atoms with Crippen LogP contribution in [-0.4, -0.2) is 23.9 Å². The van der Waals surface area contributed by atoms with E-state index < -0.39 is 0 Å². The molecule has 0 aliphatic carbocycles. The molecule has 1 aromatic carbocycles. The second-order valence-electron chi connectivity index (χ2n) is 4.73. The molecule has 2 aromatic rings. The molecule has 1 aromatic heterocycles. The van der Waals surface area contributed by atoms with E-state index in [9.17, 15) is 0 Å². The van der Waals surface area contributed by atoms with Crippen LogP contribution in [0.1, 0.15) is 12.6 Å². The second kappa shape index (κ2) is 5.22. The van der Waals surface area contributed by atoms with Crippen LogP contribution in [0, 0.1) is 6.92 Å². The minimum atomic E-state index is 0.706. The lowest BCUT2D eigenvalue weighted by Crippen LogP contribution is -2.09. The quantitative estimate of drug-likeness (QED) is 0.886. The highest BCUT2D eigenvalue weighted by Crippen LogP contribution is 2.27. The highest BCUT2D eigenvalue weighted by molar-refractivity contribution is 5.72. The molecule has 0 radical (unpaired) electrons. The molecule has 5 nitrogen and oxygen atoms in total. The van der Waals surface area contributed by atoms with E-state index in [1.807, 2.05) is 44.8 Å². The van der Waals surface area contributed by atoms with Gasteiger partial charge in [0.2, 0.25) is 0 Å². The summed E-state index contributed by atoms with van der Waals surface area (Å²) >= 11 is 0. The molecule has 0 aliphatic heterocycles. The number of aryl methyl sites for hydroxylation is 2. The van der Waals surface area contributed by atoms with E-state index >= 15 is 0 Å². The van der Waals surface area contributed by atoms with Crippen molar-refractivity contribution >= 4 is 22.9 Å². The van der Waals surface area contributed by atoms with E-state index in [4.69, 9.17) is 5.73 Å². The fourth-order valence-corrected chi connectivity index (χ4v) is 1.95. The largest absolute Gasteiger partial charge is 0.394 e. The van der Waals surface area contributed by atoms with E-state index in [1.54, 1.807) is 0 Å². The van der Waals surface area contributed by atoms with Crippen molar-refractivity contribution < 1.29 is 0 Å². The Labute approximate surface area is 114 Å². The van der Waals surface area contributed by atoms with Crippen molar-refractivity contribution in [3.63, 3.8) is 0 Å². The molecule has 0 bridgehead atoms. The summed E-state index contributed by atoms with van der Waals surface area (Å²) in [6.45, 7) is 4.75. The smallest absolute Gasteiger partial charge is 0.152 e. The van der Waals surface area contributed by atoms with Gasteiger partial charge in [-0.05, 0) is 32.0 Å². The van der Waals surface area contributed by atoms with E-state index in [0.717, 1.165) is 29.4 Å². The second-order valence-corrected chi connectivity index (χ2v) is 4.73. The van der Waals surface area contributed by atoms with Gasteiger partial charge in [-0.3, -0.25) is 0 Å². The van der Waals surface area contributed by atoms with Gasteiger partial charge < -0.3 is 16.0 Å². The van der Waals surface area contributed by atoms with Crippen molar-refractivity contribution in [3.8, 4) is 0 Å². The normalized spacial score (nSPS) is 10.5. The van der Waals surface area contributed by atoms with Gasteiger partial charge >= 0.3 is 0 Å². The van der Waals surface area contributed by atoms with Gasteiger partial charge in [0.25, 0.3) is 0 Å². The summed E-state index contributed by atoms with van der Waals surface area (Å²) in [5.74, 6) is 0.857. The molecule has 3 N–H and O–H groups in total. The minimum absolute atomic E-state index is 0.706. The van der Waals surface area contributed by atoms with Crippen LogP contribution < -0.4 is 16.0 Å². The van der Waals surface area contributed by atoms with Crippen LogP contribution in [0.2, 0.25) is 0 Å². The predicted octanol–water partition coefficient (Wildman–Crippen LogP) is 2.60. The Kier molecular flexibility index (Phi) is 3.64. The third kappa shape index (κ3) is 2.65. The van der Waals surface area contributed by atoms with Crippen LogP contribution in [0.3, 0.4) is 0 Å². The van der Waals surface area contributed by atoms with E-state index in [-0.39, 0.29) is 0 Å². The van der Waals surface area contributed by atoms with Crippen molar-refractivity contribution in [2.24, 2.45) is 0 Å². The number of nitrogens with one attached hydrogen (secondary N) is 1. The van der Waals surface area contributed by atoms with Gasteiger partial charge in [-0.2, -0.15) is 5.10 Å². The predicted molar refractivity (Wildman–Crippen MR) is 81.1 cm³/mol. The maximum atomic E-state index is 6.07. The molecule has 5 heteroatoms. The van der Waals surface area contributed by atoms with Crippen LogP contribution in [0.15, 0.2) is 24.3 Å². The molecule has 19 heavy (non-hydrogen) atoms. The fourth-order valence-electron chi connectivity index (χ4n) is 1.95. The van der Waals surface area contributed by atoms with E-state index in [0.29, 0.717) is 5.69 Å². The number of anilines is 4. The molecule has 0 amide bonds. The van der Waals surface area contributed by atoms with Crippen LogP contribution in [-0.2, 0) is 6.54 Å². The highest BCUT2D eigenvalue weighted by Gasteiger charge is 2.11. The van der Waals surface area contributed by atoms with Gasteiger partial charge in [0.15, 0.2) is 5.82 Å². The molecular weight excluding hydrogens is 238 g/mol. The van der Waals surface area contributed by atoms with Gasteiger partial charge in [-0.1, -0.05) is 6.07 Å². The molecule has 0 fully saturated rings. The fraction of sp³-hybridized carbons (Fsp3) is 0.357. The monoisotopic (exact) mass is 259 g/mol. The Balaban J connectivity index is 2.33. The summed E-state index contributed by atoms with van der Waals surface area (Å²) < 4.78 is 1.88. The Morgan fingerprint density at radius 1 is 1.37 bits per heavy atom. The first kappa shape index (κ1) is 13.3. The first-order valence-corrected chi connectivity index (χ1v) is 6.40. The van der Waals surface area contributed by atoms with Crippen molar-refractivity contribution in [1.29, 1.82) is 0 Å². The number of benzene rings is 1. The number of nitrogen functional groups attached to an aromatic ring is 1. The van der Waals surface area contributed by atoms with Crippen molar-refractivity contribution in [3.05, 3.63) is 30.0 Å². The number of nitrogens with zero attached hydrogens (tertiary/aromatic N) is 3. The number of hydrogen-bond donors (Lipinski definition) is 2. The summed E-state index contributed by atoms with van der Waals surface area (Å²) in [7, 11) is 4.04. The third-order valence-corrected chi connectivity index (χ3v) is 3.10. The van der Waals surface area contributed by atoms with Crippen LogP contribution >= 0.6 is 0 Å². The molecule has 0 aliphatic rings. The van der Waals surface area contributed by atoms with Gasteiger partial charge in [0.05, 0.1) is 11.4 Å². The molecule has 0 atom stereocenters. The van der Waals surface area contributed by atoms with Crippen molar-refractivity contribution in [1.82, 2.24) is 9.78 Å². The lowest BCUT2D eigenvalue weighted by molar-refractivity contribution is 0.661. The summed E-state index contributed by atoms with van der Waals surface area (Å²) in [5.41, 5.74) is 9.78. The number of aromatic nitrogens is 2. The van der Waals surface area contributed by atoms with Crippen LogP contribution in [0.5, 0.6) is 0 Å². The Morgan fingerprint density at radius 3 is 2.74 bits per heavy atom. The van der Waals surface area contributed by atoms with Crippen molar-refractivity contribution in [2.45, 2.75) is 20.4 Å². The molecular formula is C14H21N5. The number of nitrogens with two attached hydrogens (primary N) is 1. The summed E-state index contributed by atoms with van der Waals surface area (Å²) in [6.07, 6.45) is 0. The molecule has 0 spiro atoms. The Morgan fingerprint density at radius 2 is 2.11 bits per heavy atom. The van der Waals surface area contributed by atoms with E-state index in [2.05, 4.69) is 27.4 Å². The Hall–Kier alpha value is -2.17. The molecule has 102 valence electrons. The molecule has 0 saturated carbocycles. The molecule has 1 heterocycles. The standard InChI is InChI=1S/C14H21N5/c1-5-19-14(13(15)10(2)17-19)16-11-7-6-8-12(9-11)18(3)4/h6-9,16H,5,15H2,1-4H3. The summed E-state index contributed by atoms with van der Waals surface area (Å²) in [5, 5.41) is 7.76. The zero-order valence-corrected chi connectivity index (χ0v) is 11.9. The SMILES string of the molecule is CCn1nc(C)c(N)c1Nc1cccc(N(C)C)c1. The molecule has 2 rings (SSSR count). The minimum Gasteiger partial charge on any atom is -0.394 e. The maximum absolute atomic E-state index is 6.07. The van der Waals surface area contributed by atoms with Gasteiger partial charge in [0.1, 0.15) is 0 Å². The van der Waals surface area contributed by atoms with Gasteiger partial charge in [-0.15, -0.1) is 0 Å². The highest BCUT2D eigenvalue weighted by atomic mass is 15.3. The summed E-state index contributed by atoms with van der Waals surface area (Å²) in [4.78, 5) is 2.07. The first-order chi connectivity index (χ1) is 9.02. The molecule has 0 unspecified atom stereocenters. The average molecular weight is 259 g/mol. The zero-order valence-electron chi connectivity index (χ0n) is 11.9. The Bertz CT molecular complexity index is 571. The van der Waals surface area contributed by atoms with Gasteiger partial charge in [0, 0.05) is 32.0 Å². The van der Waals surface area contributed by atoms with Crippen LogP contribution in [0.25, 0.3) is 0 Å². The van der Waals surface area contributed by atoms with Crippen LogP contribution in [0.4, 0.5) is 22.9 Å². The lowest BCUT2D eigenvalue weighted by atomic mass is 10.2. The summed E-state index contributed by atoms with van der Waals surface area (Å²) in [6, 6.07) is 8.20. The first-order valence-electron chi connectivity index (χ1n) is 6.40. The van der Waals surface area contributed by atoms with Crippen molar-refractivity contribution in [2.75, 3.05) is 30.0 Å². The van der Waals surface area contributed by atoms with Gasteiger partial charge in [-0.25, -0.2) is 4.68 Å². The lowest BCUT2D eigenvalue weighted by Gasteiger charge is -2.15. The zero-order chi connectivity index (χ0) is 14.0. The maximum Gasteiger partial charge on any atom is 0.152 e. The average Bonchev–Trinajstić information content (AvgIpc) is 2.67.